The zero-order valence-electron chi connectivity index (χ0n) is 13.5. The van der Waals surface area contributed by atoms with Crippen LogP contribution in [0.5, 0.6) is 17.2 Å². The lowest BCUT2D eigenvalue weighted by Gasteiger charge is -2.35. The quantitative estimate of drug-likeness (QED) is 0.884. The lowest BCUT2D eigenvalue weighted by molar-refractivity contribution is 0.257. The van der Waals surface area contributed by atoms with Gasteiger partial charge in [0.2, 0.25) is 0 Å². The van der Waals surface area contributed by atoms with E-state index in [4.69, 9.17) is 9.47 Å². The van der Waals surface area contributed by atoms with Crippen LogP contribution in [0.4, 0.5) is 0 Å². The number of phenols is 1. The zero-order valence-corrected chi connectivity index (χ0v) is 15.1. The summed E-state index contributed by atoms with van der Waals surface area (Å²) < 4.78 is 11.8. The molecule has 23 heavy (non-hydrogen) atoms. The molecule has 0 saturated carbocycles. The lowest BCUT2D eigenvalue weighted by Crippen LogP contribution is -2.33. The smallest absolute Gasteiger partial charge is 0.161 e. The fourth-order valence-electron chi connectivity index (χ4n) is 3.22. The van der Waals surface area contributed by atoms with E-state index in [9.17, 15) is 5.11 Å². The fraction of sp³-hybridized carbons (Fsp3) is 0.333. The van der Waals surface area contributed by atoms with Crippen molar-refractivity contribution < 1.29 is 14.6 Å². The summed E-state index contributed by atoms with van der Waals surface area (Å²) in [5.74, 6) is 1.75. The van der Waals surface area contributed by atoms with Gasteiger partial charge in [-0.15, -0.1) is 0 Å². The molecule has 0 amide bonds. The van der Waals surface area contributed by atoms with Crippen molar-refractivity contribution in [2.24, 2.45) is 0 Å². The molecule has 0 aliphatic carbocycles. The minimum atomic E-state index is -0.0175. The Morgan fingerprint density at radius 1 is 1.09 bits per heavy atom. The first-order valence-corrected chi connectivity index (χ1v) is 8.28. The summed E-state index contributed by atoms with van der Waals surface area (Å²) in [7, 11) is 5.36. The Morgan fingerprint density at radius 2 is 1.78 bits per heavy atom. The van der Waals surface area contributed by atoms with E-state index < -0.39 is 0 Å². The Balaban J connectivity index is 2.18. The van der Waals surface area contributed by atoms with Gasteiger partial charge in [0.25, 0.3) is 0 Å². The highest BCUT2D eigenvalue weighted by molar-refractivity contribution is 9.10. The highest BCUT2D eigenvalue weighted by atomic mass is 79.9. The molecule has 0 spiro atoms. The molecule has 0 fully saturated rings. The summed E-state index contributed by atoms with van der Waals surface area (Å²) in [6.45, 7) is 0.916. The van der Waals surface area contributed by atoms with E-state index in [1.165, 1.54) is 5.56 Å². The van der Waals surface area contributed by atoms with Gasteiger partial charge in [0.15, 0.2) is 11.5 Å². The number of fused-ring (bicyclic) bond motifs is 1. The zero-order chi connectivity index (χ0) is 16.6. The Kier molecular flexibility index (Phi) is 4.50. The van der Waals surface area contributed by atoms with Crippen molar-refractivity contribution in [2.75, 3.05) is 27.8 Å². The number of likely N-dealkylation sites (N-methyl/N-ethyl adjacent to an activating group) is 1. The van der Waals surface area contributed by atoms with Crippen LogP contribution in [-0.2, 0) is 6.42 Å². The summed E-state index contributed by atoms with van der Waals surface area (Å²) in [4.78, 5) is 2.25. The normalized spacial score (nSPS) is 17.7. The second-order valence-electron chi connectivity index (χ2n) is 5.74. The van der Waals surface area contributed by atoms with Crippen molar-refractivity contribution in [1.82, 2.24) is 4.90 Å². The first kappa shape index (κ1) is 16.1. The number of halogens is 1. The number of phenolic OH excluding ortho intramolecular Hbond substituents is 1. The third kappa shape index (κ3) is 2.91. The van der Waals surface area contributed by atoms with Gasteiger partial charge in [0.05, 0.1) is 20.3 Å². The minimum Gasteiger partial charge on any atom is -0.508 e. The largest absolute Gasteiger partial charge is 0.508 e. The first-order valence-electron chi connectivity index (χ1n) is 7.48. The number of hydrogen-bond acceptors (Lipinski definition) is 4. The molecule has 2 aromatic carbocycles. The molecule has 2 aromatic rings. The topological polar surface area (TPSA) is 41.9 Å². The molecule has 122 valence electrons. The molecular formula is C18H20BrNO3. The van der Waals surface area contributed by atoms with Crippen molar-refractivity contribution in [3.8, 4) is 17.2 Å². The molecular weight excluding hydrogens is 358 g/mol. The summed E-state index contributed by atoms with van der Waals surface area (Å²) in [6.07, 6.45) is 0.942. The van der Waals surface area contributed by atoms with Gasteiger partial charge in [-0.2, -0.15) is 0 Å². The van der Waals surface area contributed by atoms with Crippen LogP contribution in [-0.4, -0.2) is 37.8 Å². The van der Waals surface area contributed by atoms with Crippen molar-refractivity contribution in [2.45, 2.75) is 12.5 Å². The van der Waals surface area contributed by atoms with E-state index in [1.54, 1.807) is 20.3 Å². The monoisotopic (exact) mass is 377 g/mol. The van der Waals surface area contributed by atoms with Crippen LogP contribution in [0.25, 0.3) is 0 Å². The summed E-state index contributed by atoms with van der Waals surface area (Å²) in [5, 5.41) is 10.4. The molecule has 1 atom stereocenters. The Bertz CT molecular complexity index is 732. The average molecular weight is 378 g/mol. The molecule has 1 N–H and O–H groups in total. The highest BCUT2D eigenvalue weighted by Gasteiger charge is 2.30. The fourth-order valence-corrected chi connectivity index (χ4v) is 3.60. The number of hydrogen-bond donors (Lipinski definition) is 1. The Morgan fingerprint density at radius 3 is 2.48 bits per heavy atom. The van der Waals surface area contributed by atoms with Gasteiger partial charge in [0.1, 0.15) is 5.75 Å². The second-order valence-corrected chi connectivity index (χ2v) is 6.66. The van der Waals surface area contributed by atoms with Crippen LogP contribution in [0.2, 0.25) is 0 Å². The van der Waals surface area contributed by atoms with Gasteiger partial charge in [-0.05, 0) is 54.9 Å². The number of benzene rings is 2. The predicted molar refractivity (Wildman–Crippen MR) is 93.5 cm³/mol. The highest BCUT2D eigenvalue weighted by Crippen LogP contribution is 2.43. The molecule has 0 aromatic heterocycles. The van der Waals surface area contributed by atoms with Crippen LogP contribution < -0.4 is 9.47 Å². The van der Waals surface area contributed by atoms with Gasteiger partial charge in [-0.1, -0.05) is 15.9 Å². The maximum absolute atomic E-state index is 10.4. The van der Waals surface area contributed by atoms with Gasteiger partial charge in [0, 0.05) is 16.6 Å². The summed E-state index contributed by atoms with van der Waals surface area (Å²) >= 11 is 3.50. The van der Waals surface area contributed by atoms with Crippen LogP contribution in [0.3, 0.4) is 0 Å². The number of rotatable bonds is 3. The molecule has 3 rings (SSSR count). The second kappa shape index (κ2) is 6.42. The SMILES string of the molecule is COc1cc2c(cc1OC)[C@@H](c1cc(Br)ccc1O)N(C)CC2. The van der Waals surface area contributed by atoms with Crippen molar-refractivity contribution >= 4 is 15.9 Å². The van der Waals surface area contributed by atoms with Crippen molar-refractivity contribution in [3.63, 3.8) is 0 Å². The van der Waals surface area contributed by atoms with Gasteiger partial charge in [-0.25, -0.2) is 0 Å². The van der Waals surface area contributed by atoms with Crippen molar-refractivity contribution in [1.29, 1.82) is 0 Å². The molecule has 1 heterocycles. The first-order chi connectivity index (χ1) is 11.0. The number of nitrogens with zero attached hydrogens (tertiary/aromatic N) is 1. The summed E-state index contributed by atoms with van der Waals surface area (Å²) in [6, 6.07) is 9.59. The van der Waals surface area contributed by atoms with E-state index >= 15 is 0 Å². The van der Waals surface area contributed by atoms with E-state index in [-0.39, 0.29) is 6.04 Å². The molecule has 1 aliphatic heterocycles. The predicted octanol–water partition coefficient (Wildman–Crippen LogP) is 3.75. The molecule has 1 aliphatic rings. The maximum Gasteiger partial charge on any atom is 0.161 e. The van der Waals surface area contributed by atoms with Crippen LogP contribution in [0.1, 0.15) is 22.7 Å². The van der Waals surface area contributed by atoms with Gasteiger partial charge in [-0.3, -0.25) is 4.90 Å². The van der Waals surface area contributed by atoms with Crippen LogP contribution >= 0.6 is 15.9 Å². The Labute approximate surface area is 144 Å². The lowest BCUT2D eigenvalue weighted by atomic mass is 9.87. The van der Waals surface area contributed by atoms with E-state index in [1.807, 2.05) is 24.3 Å². The van der Waals surface area contributed by atoms with Crippen LogP contribution in [0.15, 0.2) is 34.8 Å². The third-order valence-corrected chi connectivity index (χ3v) is 4.89. The molecule has 4 nitrogen and oxygen atoms in total. The molecule has 0 saturated heterocycles. The van der Waals surface area contributed by atoms with Gasteiger partial charge >= 0.3 is 0 Å². The van der Waals surface area contributed by atoms with E-state index in [2.05, 4.69) is 27.9 Å². The number of aromatic hydroxyl groups is 1. The third-order valence-electron chi connectivity index (χ3n) is 4.40. The average Bonchev–Trinajstić information content (AvgIpc) is 2.56. The summed E-state index contributed by atoms with van der Waals surface area (Å²) in [5.41, 5.74) is 3.25. The Hall–Kier alpha value is -1.72. The van der Waals surface area contributed by atoms with E-state index in [0.717, 1.165) is 34.3 Å². The molecule has 0 unspecified atom stereocenters. The molecule has 0 radical (unpaired) electrons. The number of ether oxygens (including phenoxy) is 2. The minimum absolute atomic E-state index is 0.0175. The van der Waals surface area contributed by atoms with Gasteiger partial charge < -0.3 is 14.6 Å². The maximum atomic E-state index is 10.4. The van der Waals surface area contributed by atoms with Crippen LogP contribution in [0, 0.1) is 0 Å². The molecule has 5 heteroatoms. The van der Waals surface area contributed by atoms with E-state index in [0.29, 0.717) is 11.5 Å². The van der Waals surface area contributed by atoms with Crippen molar-refractivity contribution in [3.05, 3.63) is 51.5 Å². The molecule has 0 bridgehead atoms. The number of methoxy groups -OCH3 is 2. The standard InChI is InChI=1S/C18H20BrNO3/c1-20-7-6-11-8-16(22-2)17(23-3)10-13(11)18(20)14-9-12(19)4-5-15(14)21/h4-5,8-10,18,21H,6-7H2,1-3H3/t18-/m0/s1.